The SMILES string of the molecule is C=C(N(C)N(C)C)N(C)N(C)C. The highest BCUT2D eigenvalue weighted by Crippen LogP contribution is 2.05. The summed E-state index contributed by atoms with van der Waals surface area (Å²) in [6, 6.07) is 0. The minimum atomic E-state index is 0.935. The van der Waals surface area contributed by atoms with Gasteiger partial charge in [0.25, 0.3) is 0 Å². The zero-order valence-corrected chi connectivity index (χ0v) is 9.00. The normalized spacial score (nSPS) is 10.7. The fourth-order valence-electron chi connectivity index (χ4n) is 0.671. The van der Waals surface area contributed by atoms with Crippen LogP contribution in [0.5, 0.6) is 0 Å². The molecule has 0 saturated heterocycles. The van der Waals surface area contributed by atoms with E-state index in [0.29, 0.717) is 0 Å². The van der Waals surface area contributed by atoms with Crippen LogP contribution in [0.15, 0.2) is 12.4 Å². The maximum absolute atomic E-state index is 3.97. The number of rotatable bonds is 4. The Balaban J connectivity index is 4.19. The van der Waals surface area contributed by atoms with Crippen molar-refractivity contribution in [1.29, 1.82) is 0 Å². The van der Waals surface area contributed by atoms with Gasteiger partial charge in [-0.2, -0.15) is 0 Å². The largest absolute Gasteiger partial charge is 0.294 e. The lowest BCUT2D eigenvalue weighted by molar-refractivity contribution is -0.00593. The van der Waals surface area contributed by atoms with Gasteiger partial charge in [-0.25, -0.2) is 10.0 Å². The highest BCUT2D eigenvalue weighted by atomic mass is 15.7. The van der Waals surface area contributed by atoms with Gasteiger partial charge in [0.2, 0.25) is 0 Å². The second-order valence-electron chi connectivity index (χ2n) is 3.16. The predicted octanol–water partition coefficient (Wildman–Crippen LogP) is 0.274. The van der Waals surface area contributed by atoms with Crippen LogP contribution >= 0.6 is 0 Å². The van der Waals surface area contributed by atoms with Gasteiger partial charge in [0.15, 0.2) is 0 Å². The Morgan fingerprint density at radius 2 is 1.00 bits per heavy atom. The smallest absolute Gasteiger partial charge is 0.125 e. The van der Waals surface area contributed by atoms with Gasteiger partial charge in [0.1, 0.15) is 5.82 Å². The molecule has 0 aliphatic heterocycles. The standard InChI is InChI=1S/C8H20N4/c1-8(11(6)9(2)3)12(7)10(4)5/h1H2,2-7H3. The molecule has 0 heterocycles. The van der Waals surface area contributed by atoms with Crippen LogP contribution in [0, 0.1) is 0 Å². The zero-order chi connectivity index (χ0) is 9.89. The molecule has 0 fully saturated rings. The highest BCUT2D eigenvalue weighted by molar-refractivity contribution is 4.86. The summed E-state index contributed by atoms with van der Waals surface area (Å²) >= 11 is 0. The Morgan fingerprint density at radius 1 is 0.750 bits per heavy atom. The molecule has 4 heteroatoms. The summed E-state index contributed by atoms with van der Waals surface area (Å²) in [6.07, 6.45) is 0. The van der Waals surface area contributed by atoms with E-state index in [4.69, 9.17) is 0 Å². The van der Waals surface area contributed by atoms with E-state index < -0.39 is 0 Å². The molecule has 0 N–H and O–H groups in total. The van der Waals surface area contributed by atoms with Crippen LogP contribution in [0.4, 0.5) is 0 Å². The van der Waals surface area contributed by atoms with Crippen LogP contribution in [0.25, 0.3) is 0 Å². The maximum Gasteiger partial charge on any atom is 0.125 e. The average Bonchev–Trinajstić information content (AvgIpc) is 2.00. The van der Waals surface area contributed by atoms with Crippen LogP contribution < -0.4 is 0 Å². The van der Waals surface area contributed by atoms with E-state index in [9.17, 15) is 0 Å². The Bertz CT molecular complexity index is 137. The lowest BCUT2D eigenvalue weighted by atomic mass is 10.7. The predicted molar refractivity (Wildman–Crippen MR) is 52.0 cm³/mol. The molecule has 0 bridgehead atoms. The zero-order valence-electron chi connectivity index (χ0n) is 9.00. The number of hydrogen-bond acceptors (Lipinski definition) is 4. The van der Waals surface area contributed by atoms with Gasteiger partial charge in [-0.1, -0.05) is 6.58 Å². The van der Waals surface area contributed by atoms with Crippen molar-refractivity contribution < 1.29 is 0 Å². The average molecular weight is 172 g/mol. The van der Waals surface area contributed by atoms with E-state index in [1.165, 1.54) is 0 Å². The molecule has 0 aromatic carbocycles. The van der Waals surface area contributed by atoms with E-state index in [0.717, 1.165) is 5.82 Å². The van der Waals surface area contributed by atoms with Crippen molar-refractivity contribution in [1.82, 2.24) is 20.0 Å². The topological polar surface area (TPSA) is 13.0 Å². The summed E-state index contributed by atoms with van der Waals surface area (Å²) in [7, 11) is 11.9. The highest BCUT2D eigenvalue weighted by Gasteiger charge is 2.09. The molecule has 0 unspecified atom stereocenters. The van der Waals surface area contributed by atoms with Crippen LogP contribution in [-0.4, -0.2) is 62.3 Å². The van der Waals surface area contributed by atoms with E-state index >= 15 is 0 Å². The molecule has 0 aliphatic carbocycles. The van der Waals surface area contributed by atoms with Crippen molar-refractivity contribution in [3.63, 3.8) is 0 Å². The summed E-state index contributed by atoms with van der Waals surface area (Å²) in [5.74, 6) is 0.935. The van der Waals surface area contributed by atoms with Crippen LogP contribution in [0.1, 0.15) is 0 Å². The molecule has 0 amide bonds. The van der Waals surface area contributed by atoms with E-state index in [-0.39, 0.29) is 0 Å². The van der Waals surface area contributed by atoms with Crippen molar-refractivity contribution in [3.05, 3.63) is 12.4 Å². The van der Waals surface area contributed by atoms with Crippen LogP contribution in [0.3, 0.4) is 0 Å². The summed E-state index contributed by atoms with van der Waals surface area (Å²) < 4.78 is 0. The number of hydrazine groups is 2. The number of hydrogen-bond donors (Lipinski definition) is 0. The first-order valence-electron chi connectivity index (χ1n) is 3.88. The first-order chi connectivity index (χ1) is 5.37. The second kappa shape index (κ2) is 4.33. The molecule has 12 heavy (non-hydrogen) atoms. The Morgan fingerprint density at radius 3 is 1.17 bits per heavy atom. The lowest BCUT2D eigenvalue weighted by Gasteiger charge is -2.36. The fraction of sp³-hybridized carbons (Fsp3) is 0.750. The molecule has 72 valence electrons. The van der Waals surface area contributed by atoms with Gasteiger partial charge in [-0.05, 0) is 0 Å². The Labute approximate surface area is 75.6 Å². The summed E-state index contributed by atoms with van der Waals surface area (Å²) in [5.41, 5.74) is 0. The summed E-state index contributed by atoms with van der Waals surface area (Å²) in [5, 5.41) is 7.89. The Hall–Kier alpha value is -0.740. The molecule has 0 radical (unpaired) electrons. The third kappa shape index (κ3) is 2.71. The van der Waals surface area contributed by atoms with Crippen molar-refractivity contribution in [2.24, 2.45) is 0 Å². The van der Waals surface area contributed by atoms with Gasteiger partial charge in [0, 0.05) is 42.3 Å². The quantitative estimate of drug-likeness (QED) is 0.564. The summed E-state index contributed by atoms with van der Waals surface area (Å²) in [6.45, 7) is 3.97. The fourth-order valence-corrected chi connectivity index (χ4v) is 0.671. The van der Waals surface area contributed by atoms with Crippen LogP contribution in [-0.2, 0) is 0 Å². The molecule has 0 aliphatic rings. The maximum atomic E-state index is 3.97. The first kappa shape index (κ1) is 11.3. The van der Waals surface area contributed by atoms with Gasteiger partial charge in [0.05, 0.1) is 0 Å². The molecule has 0 rings (SSSR count). The number of nitrogens with zero attached hydrogens (tertiary/aromatic N) is 4. The molecule has 0 spiro atoms. The monoisotopic (exact) mass is 172 g/mol. The molecular weight excluding hydrogens is 152 g/mol. The second-order valence-corrected chi connectivity index (χ2v) is 3.16. The summed E-state index contributed by atoms with van der Waals surface area (Å²) in [4.78, 5) is 0. The first-order valence-corrected chi connectivity index (χ1v) is 3.88. The van der Waals surface area contributed by atoms with Crippen molar-refractivity contribution in [2.45, 2.75) is 0 Å². The van der Waals surface area contributed by atoms with Gasteiger partial charge < -0.3 is 0 Å². The van der Waals surface area contributed by atoms with Crippen molar-refractivity contribution in [3.8, 4) is 0 Å². The van der Waals surface area contributed by atoms with Crippen molar-refractivity contribution in [2.75, 3.05) is 42.3 Å². The lowest BCUT2D eigenvalue weighted by Crippen LogP contribution is -2.43. The van der Waals surface area contributed by atoms with E-state index in [2.05, 4.69) is 6.58 Å². The molecule has 0 aromatic heterocycles. The minimum absolute atomic E-state index is 0.935. The molecule has 0 saturated carbocycles. The molecular formula is C8H20N4. The molecule has 0 aromatic rings. The van der Waals surface area contributed by atoms with Crippen LogP contribution in [0.2, 0.25) is 0 Å². The third-order valence-electron chi connectivity index (χ3n) is 1.95. The van der Waals surface area contributed by atoms with E-state index in [1.807, 2.05) is 62.3 Å². The Kier molecular flexibility index (Phi) is 4.06. The van der Waals surface area contributed by atoms with E-state index in [1.54, 1.807) is 0 Å². The van der Waals surface area contributed by atoms with Crippen molar-refractivity contribution >= 4 is 0 Å². The molecule has 4 nitrogen and oxygen atoms in total. The molecule has 0 atom stereocenters. The van der Waals surface area contributed by atoms with Gasteiger partial charge >= 0.3 is 0 Å². The minimum Gasteiger partial charge on any atom is -0.294 e. The third-order valence-corrected chi connectivity index (χ3v) is 1.95. The van der Waals surface area contributed by atoms with Gasteiger partial charge in [-0.3, -0.25) is 10.0 Å². The van der Waals surface area contributed by atoms with Gasteiger partial charge in [-0.15, -0.1) is 0 Å².